The van der Waals surface area contributed by atoms with Crippen LogP contribution in [0.4, 0.5) is 0 Å². The van der Waals surface area contributed by atoms with E-state index in [4.69, 9.17) is 4.42 Å². The molecule has 0 spiro atoms. The van der Waals surface area contributed by atoms with E-state index in [0.717, 1.165) is 24.2 Å². The average Bonchev–Trinajstić information content (AvgIpc) is 2.86. The highest BCUT2D eigenvalue weighted by molar-refractivity contribution is 5.89. The van der Waals surface area contributed by atoms with Crippen molar-refractivity contribution >= 4 is 17.0 Å². The van der Waals surface area contributed by atoms with E-state index in [0.29, 0.717) is 0 Å². The van der Waals surface area contributed by atoms with Crippen molar-refractivity contribution in [2.45, 2.75) is 19.8 Å². The van der Waals surface area contributed by atoms with Gasteiger partial charge in [0.2, 0.25) is 0 Å². The van der Waals surface area contributed by atoms with E-state index < -0.39 is 0 Å². The maximum atomic E-state index is 5.91. The molecule has 0 N–H and O–H groups in total. The summed E-state index contributed by atoms with van der Waals surface area (Å²) in [5.74, 6) is 1.03. The number of furan rings is 1. The number of rotatable bonds is 1. The molecule has 20 heavy (non-hydrogen) atoms. The fourth-order valence-corrected chi connectivity index (χ4v) is 2.90. The lowest BCUT2D eigenvalue weighted by Crippen LogP contribution is -1.89. The maximum absolute atomic E-state index is 5.91. The predicted octanol–water partition coefficient (Wildman–Crippen LogP) is 5.37. The van der Waals surface area contributed by atoms with Crippen LogP contribution in [-0.2, 0) is 6.42 Å². The Labute approximate surface area is 118 Å². The fourth-order valence-electron chi connectivity index (χ4n) is 2.90. The molecular weight excluding hydrogens is 244 g/mol. The van der Waals surface area contributed by atoms with Gasteiger partial charge in [-0.15, -0.1) is 0 Å². The Hall–Kier alpha value is -2.28. The first-order valence-electron chi connectivity index (χ1n) is 7.10. The summed E-state index contributed by atoms with van der Waals surface area (Å²) in [6.45, 7) is 2.12. The van der Waals surface area contributed by atoms with Crippen molar-refractivity contribution in [3.8, 4) is 11.1 Å². The Balaban J connectivity index is 1.90. The number of allylic oxidation sites excluding steroid dienone is 1. The van der Waals surface area contributed by atoms with Gasteiger partial charge in [-0.3, -0.25) is 0 Å². The summed E-state index contributed by atoms with van der Waals surface area (Å²) in [6, 6.07) is 15.2. The first-order valence-corrected chi connectivity index (χ1v) is 7.10. The van der Waals surface area contributed by atoms with Gasteiger partial charge in [-0.2, -0.15) is 0 Å². The zero-order chi connectivity index (χ0) is 13.5. The van der Waals surface area contributed by atoms with Crippen LogP contribution >= 0.6 is 0 Å². The molecule has 0 bridgehead atoms. The number of aryl methyl sites for hydroxylation is 2. The lowest BCUT2D eigenvalue weighted by atomic mass is 9.97. The summed E-state index contributed by atoms with van der Waals surface area (Å²) < 4.78 is 5.91. The maximum Gasteiger partial charge on any atom is 0.135 e. The fraction of sp³-hybridized carbons (Fsp3) is 0.158. The molecule has 1 heteroatoms. The Morgan fingerprint density at radius 2 is 1.75 bits per heavy atom. The number of fused-ring (bicyclic) bond motifs is 3. The third-order valence-corrected chi connectivity index (χ3v) is 4.04. The van der Waals surface area contributed by atoms with Gasteiger partial charge >= 0.3 is 0 Å². The van der Waals surface area contributed by atoms with E-state index in [2.05, 4.69) is 61.5 Å². The first kappa shape index (κ1) is 11.5. The van der Waals surface area contributed by atoms with E-state index in [-0.39, 0.29) is 0 Å². The van der Waals surface area contributed by atoms with Crippen LogP contribution in [0.1, 0.15) is 23.3 Å². The lowest BCUT2D eigenvalue weighted by molar-refractivity contribution is 0.595. The van der Waals surface area contributed by atoms with Gasteiger partial charge in [-0.25, -0.2) is 0 Å². The molecule has 1 aromatic heterocycles. The van der Waals surface area contributed by atoms with Crippen molar-refractivity contribution in [1.82, 2.24) is 0 Å². The van der Waals surface area contributed by atoms with Crippen LogP contribution in [-0.4, -0.2) is 0 Å². The molecule has 1 nitrogen and oxygen atoms in total. The highest BCUT2D eigenvalue weighted by Crippen LogP contribution is 2.33. The second kappa shape index (κ2) is 4.38. The Morgan fingerprint density at radius 3 is 2.60 bits per heavy atom. The van der Waals surface area contributed by atoms with Crippen molar-refractivity contribution in [2.24, 2.45) is 0 Å². The molecule has 0 aliphatic heterocycles. The van der Waals surface area contributed by atoms with Crippen molar-refractivity contribution in [1.29, 1.82) is 0 Å². The molecule has 0 saturated heterocycles. The van der Waals surface area contributed by atoms with Crippen LogP contribution in [0.5, 0.6) is 0 Å². The van der Waals surface area contributed by atoms with Gasteiger partial charge in [0.15, 0.2) is 0 Å². The summed E-state index contributed by atoms with van der Waals surface area (Å²) >= 11 is 0. The molecule has 0 atom stereocenters. The zero-order valence-corrected chi connectivity index (χ0v) is 11.5. The Morgan fingerprint density at radius 1 is 0.950 bits per heavy atom. The van der Waals surface area contributed by atoms with Gasteiger partial charge < -0.3 is 4.42 Å². The average molecular weight is 260 g/mol. The van der Waals surface area contributed by atoms with Gasteiger partial charge in [-0.1, -0.05) is 42.0 Å². The largest absolute Gasteiger partial charge is 0.456 e. The second-order valence-electron chi connectivity index (χ2n) is 5.46. The van der Waals surface area contributed by atoms with E-state index in [1.807, 2.05) is 0 Å². The summed E-state index contributed by atoms with van der Waals surface area (Å²) in [4.78, 5) is 0. The quantitative estimate of drug-likeness (QED) is 0.573. The molecule has 2 aromatic carbocycles. The van der Waals surface area contributed by atoms with Gasteiger partial charge in [-0.05, 0) is 49.1 Å². The van der Waals surface area contributed by atoms with Crippen LogP contribution in [0.25, 0.3) is 28.2 Å². The van der Waals surface area contributed by atoms with Crippen molar-refractivity contribution in [2.75, 3.05) is 0 Å². The topological polar surface area (TPSA) is 13.1 Å². The SMILES string of the molecule is Cc1ccc(-c2ccc3oc4c(c3c2)CCC=C4)cc1. The summed E-state index contributed by atoms with van der Waals surface area (Å²) in [7, 11) is 0. The highest BCUT2D eigenvalue weighted by Gasteiger charge is 2.14. The van der Waals surface area contributed by atoms with E-state index in [9.17, 15) is 0 Å². The molecule has 1 heterocycles. The van der Waals surface area contributed by atoms with Gasteiger partial charge in [0, 0.05) is 10.9 Å². The normalized spacial score (nSPS) is 13.7. The van der Waals surface area contributed by atoms with E-state index in [1.54, 1.807) is 0 Å². The molecular formula is C19H16O. The molecule has 0 radical (unpaired) electrons. The zero-order valence-electron chi connectivity index (χ0n) is 11.5. The first-order chi connectivity index (χ1) is 9.81. The van der Waals surface area contributed by atoms with Crippen molar-refractivity contribution in [3.05, 3.63) is 65.4 Å². The number of hydrogen-bond donors (Lipinski definition) is 0. The number of hydrogen-bond acceptors (Lipinski definition) is 1. The standard InChI is InChI=1S/C19H16O/c1-13-6-8-14(9-7-13)15-10-11-19-17(12-15)16-4-2-3-5-18(16)20-19/h3,5-12H,2,4H2,1H3. The monoisotopic (exact) mass is 260 g/mol. The van der Waals surface area contributed by atoms with Crippen LogP contribution in [0.2, 0.25) is 0 Å². The second-order valence-corrected chi connectivity index (χ2v) is 5.46. The molecule has 0 unspecified atom stereocenters. The molecule has 0 amide bonds. The predicted molar refractivity (Wildman–Crippen MR) is 83.7 cm³/mol. The Kier molecular flexibility index (Phi) is 2.53. The molecule has 4 rings (SSSR count). The molecule has 0 saturated carbocycles. The third kappa shape index (κ3) is 1.78. The Bertz CT molecular complexity index is 804. The summed E-state index contributed by atoms with van der Waals surface area (Å²) in [5.41, 5.74) is 6.17. The van der Waals surface area contributed by atoms with Crippen LogP contribution in [0.15, 0.2) is 53.0 Å². The minimum Gasteiger partial charge on any atom is -0.456 e. The lowest BCUT2D eigenvalue weighted by Gasteiger charge is -2.05. The van der Waals surface area contributed by atoms with E-state index in [1.165, 1.54) is 27.6 Å². The minimum absolute atomic E-state index is 0.998. The van der Waals surface area contributed by atoms with Gasteiger partial charge in [0.05, 0.1) is 0 Å². The minimum atomic E-state index is 0.998. The van der Waals surface area contributed by atoms with Crippen LogP contribution < -0.4 is 0 Å². The molecule has 0 fully saturated rings. The highest BCUT2D eigenvalue weighted by atomic mass is 16.3. The van der Waals surface area contributed by atoms with Crippen LogP contribution in [0, 0.1) is 6.92 Å². The van der Waals surface area contributed by atoms with Crippen molar-refractivity contribution in [3.63, 3.8) is 0 Å². The molecule has 98 valence electrons. The smallest absolute Gasteiger partial charge is 0.135 e. The molecule has 1 aliphatic carbocycles. The van der Waals surface area contributed by atoms with Gasteiger partial charge in [0.1, 0.15) is 11.3 Å². The summed E-state index contributed by atoms with van der Waals surface area (Å²) in [5, 5.41) is 1.27. The van der Waals surface area contributed by atoms with Crippen molar-refractivity contribution < 1.29 is 4.42 Å². The van der Waals surface area contributed by atoms with E-state index >= 15 is 0 Å². The summed E-state index contributed by atoms with van der Waals surface area (Å²) in [6.07, 6.45) is 6.47. The number of benzene rings is 2. The molecule has 3 aromatic rings. The van der Waals surface area contributed by atoms with Gasteiger partial charge in [0.25, 0.3) is 0 Å². The molecule has 1 aliphatic rings. The third-order valence-electron chi connectivity index (χ3n) is 4.04. The van der Waals surface area contributed by atoms with Crippen LogP contribution in [0.3, 0.4) is 0 Å².